The van der Waals surface area contributed by atoms with Crippen molar-refractivity contribution in [2.75, 3.05) is 34.5 Å². The molecule has 4 aromatic rings. The van der Waals surface area contributed by atoms with Crippen molar-refractivity contribution in [3.63, 3.8) is 0 Å². The van der Waals surface area contributed by atoms with Crippen molar-refractivity contribution in [3.8, 4) is 34.3 Å². The Balaban J connectivity index is 1.59. The van der Waals surface area contributed by atoms with E-state index >= 15 is 0 Å². The lowest BCUT2D eigenvalue weighted by atomic mass is 10.0. The fourth-order valence-corrected chi connectivity index (χ4v) is 4.82. The summed E-state index contributed by atoms with van der Waals surface area (Å²) in [4.78, 5) is 7.41. The van der Waals surface area contributed by atoms with Crippen molar-refractivity contribution >= 4 is 10.9 Å². The minimum atomic E-state index is 0.609. The summed E-state index contributed by atoms with van der Waals surface area (Å²) in [5, 5.41) is 0.953. The van der Waals surface area contributed by atoms with Crippen LogP contribution in [0.2, 0.25) is 0 Å². The molecule has 0 unspecified atom stereocenters. The smallest absolute Gasteiger partial charge is 0.165 e. The van der Waals surface area contributed by atoms with Crippen LogP contribution in [0, 0.1) is 6.92 Å². The van der Waals surface area contributed by atoms with Crippen LogP contribution in [0.1, 0.15) is 16.8 Å². The zero-order valence-corrected chi connectivity index (χ0v) is 20.9. The number of ether oxygens (including phenoxy) is 4. The molecule has 0 spiro atoms. The zero-order chi connectivity index (χ0) is 24.5. The Morgan fingerprint density at radius 2 is 1.74 bits per heavy atom. The molecule has 0 atom stereocenters. The van der Waals surface area contributed by atoms with E-state index in [0.717, 1.165) is 70.2 Å². The van der Waals surface area contributed by atoms with Crippen molar-refractivity contribution in [1.29, 1.82) is 0 Å². The lowest BCUT2D eigenvalue weighted by Crippen LogP contribution is -2.26. The van der Waals surface area contributed by atoms with Crippen molar-refractivity contribution in [2.24, 2.45) is 7.05 Å². The molecule has 2 aromatic heterocycles. The van der Waals surface area contributed by atoms with E-state index in [2.05, 4.69) is 53.9 Å². The minimum absolute atomic E-state index is 0.609. The van der Waals surface area contributed by atoms with E-state index in [-0.39, 0.29) is 0 Å². The van der Waals surface area contributed by atoms with Gasteiger partial charge in [0, 0.05) is 55.1 Å². The van der Waals surface area contributed by atoms with Gasteiger partial charge in [-0.15, -0.1) is 0 Å². The molecule has 0 saturated heterocycles. The quantitative estimate of drug-likeness (QED) is 0.394. The highest BCUT2D eigenvalue weighted by molar-refractivity contribution is 5.94. The summed E-state index contributed by atoms with van der Waals surface area (Å²) in [5.41, 5.74) is 6.02. The summed E-state index contributed by atoms with van der Waals surface area (Å²) >= 11 is 0. The number of hydrogen-bond donors (Lipinski definition) is 0. The van der Waals surface area contributed by atoms with Crippen LogP contribution in [0.15, 0.2) is 48.7 Å². The van der Waals surface area contributed by atoms with Gasteiger partial charge in [-0.25, -0.2) is 4.98 Å². The van der Waals surface area contributed by atoms with Gasteiger partial charge < -0.3 is 23.5 Å². The molecule has 3 heterocycles. The van der Waals surface area contributed by atoms with Crippen LogP contribution >= 0.6 is 0 Å². The highest BCUT2D eigenvalue weighted by Crippen LogP contribution is 2.40. The van der Waals surface area contributed by atoms with Crippen molar-refractivity contribution in [1.82, 2.24) is 14.5 Å². The van der Waals surface area contributed by atoms with Crippen molar-refractivity contribution in [2.45, 2.75) is 20.0 Å². The van der Waals surface area contributed by atoms with Crippen LogP contribution in [0.4, 0.5) is 0 Å². The number of hydrogen-bond acceptors (Lipinski definition) is 6. The van der Waals surface area contributed by atoms with Gasteiger partial charge in [0.1, 0.15) is 23.6 Å². The maximum Gasteiger partial charge on any atom is 0.165 e. The molecule has 35 heavy (non-hydrogen) atoms. The molecule has 0 amide bonds. The minimum Gasteiger partial charge on any atom is -0.496 e. The Morgan fingerprint density at radius 1 is 0.971 bits per heavy atom. The average molecular weight is 474 g/mol. The Kier molecular flexibility index (Phi) is 6.26. The van der Waals surface area contributed by atoms with Gasteiger partial charge in [0.15, 0.2) is 11.5 Å². The predicted molar refractivity (Wildman–Crippen MR) is 137 cm³/mol. The summed E-state index contributed by atoms with van der Waals surface area (Å²) < 4.78 is 25.3. The fraction of sp³-hybridized carbons (Fsp3) is 0.321. The molecule has 0 bridgehead atoms. The normalized spacial score (nSPS) is 13.7. The lowest BCUT2D eigenvalue weighted by Gasteiger charge is -2.20. The number of nitrogens with zero attached hydrogens (tertiary/aromatic N) is 3. The summed E-state index contributed by atoms with van der Waals surface area (Å²) in [5.74, 6) is 3.02. The van der Waals surface area contributed by atoms with Crippen molar-refractivity contribution < 1.29 is 18.9 Å². The Morgan fingerprint density at radius 3 is 2.46 bits per heavy atom. The van der Waals surface area contributed by atoms with E-state index in [9.17, 15) is 0 Å². The van der Waals surface area contributed by atoms with Gasteiger partial charge in [-0.2, -0.15) is 0 Å². The third-order valence-electron chi connectivity index (χ3n) is 6.65. The summed E-state index contributed by atoms with van der Waals surface area (Å²) in [7, 11) is 7.10. The number of fused-ring (bicyclic) bond motifs is 2. The number of methoxy groups -OCH3 is 3. The first kappa shape index (κ1) is 23.1. The monoisotopic (exact) mass is 473 g/mol. The van der Waals surface area contributed by atoms with Crippen LogP contribution in [0.5, 0.6) is 23.0 Å². The lowest BCUT2D eigenvalue weighted by molar-refractivity contribution is 0.213. The highest BCUT2D eigenvalue weighted by Gasteiger charge is 2.22. The summed E-state index contributed by atoms with van der Waals surface area (Å²) in [6, 6.07) is 14.3. The fourth-order valence-electron chi connectivity index (χ4n) is 4.82. The predicted octanol–water partition coefficient (Wildman–Crippen LogP) is 4.97. The molecule has 182 valence electrons. The first-order valence-corrected chi connectivity index (χ1v) is 11.7. The Hall–Kier alpha value is -3.71. The first-order valence-electron chi connectivity index (χ1n) is 11.7. The first-order chi connectivity index (χ1) is 17.0. The van der Waals surface area contributed by atoms with Gasteiger partial charge in [-0.1, -0.05) is 0 Å². The molecule has 0 fully saturated rings. The standard InChI is InChI=1S/C28H31N3O4/c1-18-13-22(29-27-24(33-4)9-8-23(32-3)26(18)27)19-14-20-16-31(17-21-7-6-10-30(21)2)11-12-35-28(20)25(15-19)34-5/h6-10,13-15H,11-12,16-17H2,1-5H3. The van der Waals surface area contributed by atoms with Crippen LogP contribution < -0.4 is 18.9 Å². The van der Waals surface area contributed by atoms with Gasteiger partial charge >= 0.3 is 0 Å². The second-order valence-electron chi connectivity index (χ2n) is 8.85. The molecule has 1 aliphatic rings. The number of aromatic nitrogens is 2. The van der Waals surface area contributed by atoms with Gasteiger partial charge in [-0.05, 0) is 55.0 Å². The molecule has 0 N–H and O–H groups in total. The van der Waals surface area contributed by atoms with E-state index < -0.39 is 0 Å². The second-order valence-corrected chi connectivity index (χ2v) is 8.85. The molecule has 7 nitrogen and oxygen atoms in total. The van der Waals surface area contributed by atoms with Gasteiger partial charge in [0.25, 0.3) is 0 Å². The molecule has 0 radical (unpaired) electrons. The number of aryl methyl sites for hydroxylation is 2. The molecule has 0 saturated carbocycles. The SMILES string of the molecule is COc1cc(-c2cc(C)c3c(OC)ccc(OC)c3n2)cc2c1OCCN(Cc1cccn1C)C2. The molecule has 2 aromatic carbocycles. The van der Waals surface area contributed by atoms with Gasteiger partial charge in [0.05, 0.1) is 27.0 Å². The van der Waals surface area contributed by atoms with E-state index in [0.29, 0.717) is 12.4 Å². The van der Waals surface area contributed by atoms with Crippen molar-refractivity contribution in [3.05, 3.63) is 65.5 Å². The van der Waals surface area contributed by atoms with Crippen LogP contribution in [-0.2, 0) is 20.1 Å². The average Bonchev–Trinajstić information content (AvgIpc) is 3.15. The van der Waals surface area contributed by atoms with E-state index in [4.69, 9.17) is 23.9 Å². The largest absolute Gasteiger partial charge is 0.496 e. The summed E-state index contributed by atoms with van der Waals surface area (Å²) in [6.45, 7) is 5.12. The van der Waals surface area contributed by atoms with E-state index in [1.165, 1.54) is 5.69 Å². The Bertz CT molecular complexity index is 1380. The van der Waals surface area contributed by atoms with Crippen LogP contribution in [0.3, 0.4) is 0 Å². The van der Waals surface area contributed by atoms with Crippen LogP contribution in [-0.4, -0.2) is 48.9 Å². The number of benzene rings is 2. The molecule has 1 aliphatic heterocycles. The van der Waals surface area contributed by atoms with Crippen LogP contribution in [0.25, 0.3) is 22.2 Å². The topological polar surface area (TPSA) is 58.0 Å². The molecule has 0 aliphatic carbocycles. The molecular weight excluding hydrogens is 442 g/mol. The van der Waals surface area contributed by atoms with Gasteiger partial charge in [-0.3, -0.25) is 4.90 Å². The molecule has 5 rings (SSSR count). The van der Waals surface area contributed by atoms with E-state index in [1.807, 2.05) is 18.2 Å². The zero-order valence-electron chi connectivity index (χ0n) is 20.9. The second kappa shape index (κ2) is 9.50. The maximum absolute atomic E-state index is 6.17. The summed E-state index contributed by atoms with van der Waals surface area (Å²) in [6.07, 6.45) is 2.08. The molecule has 7 heteroatoms. The Labute approximate surface area is 205 Å². The number of pyridine rings is 1. The third-order valence-corrected chi connectivity index (χ3v) is 6.65. The number of rotatable bonds is 6. The third kappa shape index (κ3) is 4.28. The van der Waals surface area contributed by atoms with Gasteiger partial charge in [0.2, 0.25) is 0 Å². The maximum atomic E-state index is 6.17. The highest BCUT2D eigenvalue weighted by atomic mass is 16.5. The van der Waals surface area contributed by atoms with E-state index in [1.54, 1.807) is 21.3 Å². The molecular formula is C28H31N3O4.